The molecule has 2 aliphatic heterocycles. The van der Waals surface area contributed by atoms with Crippen LogP contribution in [0, 0.1) is 11.6 Å². The van der Waals surface area contributed by atoms with Crippen molar-refractivity contribution in [2.45, 2.75) is 18.5 Å². The van der Waals surface area contributed by atoms with E-state index in [0.717, 1.165) is 0 Å². The van der Waals surface area contributed by atoms with Gasteiger partial charge in [0.05, 0.1) is 29.1 Å². The number of nitrogens with two attached hydrogens (primary N) is 1. The van der Waals surface area contributed by atoms with Crippen molar-refractivity contribution in [1.29, 1.82) is 0 Å². The van der Waals surface area contributed by atoms with Crippen LogP contribution in [-0.2, 0) is 11.3 Å². The maximum atomic E-state index is 14.8. The molecule has 1 unspecified atom stereocenters. The first-order valence-corrected chi connectivity index (χ1v) is 13.2. The molecule has 8 nitrogen and oxygen atoms in total. The van der Waals surface area contributed by atoms with Crippen LogP contribution in [0.15, 0.2) is 71.9 Å². The van der Waals surface area contributed by atoms with Crippen LogP contribution in [0.2, 0.25) is 5.02 Å². The first kappa shape index (κ1) is 26.7. The summed E-state index contributed by atoms with van der Waals surface area (Å²) >= 11 is 6.29. The number of hydrogen-bond acceptors (Lipinski definition) is 7. The number of anilines is 2. The minimum absolute atomic E-state index is 0.104. The zero-order valence-electron chi connectivity index (χ0n) is 21.6. The molecule has 1 fully saturated rings. The number of aliphatic imine (C=N–C) groups is 1. The molecule has 0 spiro atoms. The number of amides is 1. The molecule has 3 N–H and O–H groups in total. The van der Waals surface area contributed by atoms with Gasteiger partial charge in [-0.05, 0) is 55.0 Å². The molecule has 1 saturated heterocycles. The predicted molar refractivity (Wildman–Crippen MR) is 151 cm³/mol. The molecule has 11 heteroatoms. The second-order valence-corrected chi connectivity index (χ2v) is 10.5. The third-order valence-electron chi connectivity index (χ3n) is 7.21. The Balaban J connectivity index is 1.28. The van der Waals surface area contributed by atoms with Crippen molar-refractivity contribution in [2.75, 3.05) is 18.4 Å². The van der Waals surface area contributed by atoms with Gasteiger partial charge in [-0.15, -0.1) is 0 Å². The van der Waals surface area contributed by atoms with E-state index in [2.05, 4.69) is 15.3 Å². The van der Waals surface area contributed by atoms with Gasteiger partial charge in [0.1, 0.15) is 17.9 Å². The highest BCUT2D eigenvalue weighted by molar-refractivity contribution is 6.31. The smallest absolute Gasteiger partial charge is 0.253 e. The second kappa shape index (κ2) is 10.5. The van der Waals surface area contributed by atoms with Crippen molar-refractivity contribution in [1.82, 2.24) is 14.9 Å². The Labute approximate surface area is 238 Å². The lowest BCUT2D eigenvalue weighted by molar-refractivity contribution is -0.111. The molecule has 206 valence electrons. The number of fused-ring (bicyclic) bond motifs is 3. The Morgan fingerprint density at radius 1 is 1.07 bits per heavy atom. The van der Waals surface area contributed by atoms with Gasteiger partial charge in [0.2, 0.25) is 5.95 Å². The van der Waals surface area contributed by atoms with Gasteiger partial charge in [0.25, 0.3) is 5.91 Å². The molecule has 3 aromatic carbocycles. The Morgan fingerprint density at radius 2 is 1.83 bits per heavy atom. The standard InChI is InChI=1S/C30H23ClF2N6O2/c31-19-6-9-21-22(12-19)27(25-23(32)2-1-3-24(25)33)35-13-18-14-36-29(38-26(18)21)37-20-7-4-17(5-8-20)28(41)39-11-10-30(34,15-39)16-40/h1-9,12,14,16H,10-11,13,15,34H2,(H,36,37,38). The van der Waals surface area contributed by atoms with E-state index in [4.69, 9.17) is 22.3 Å². The Kier molecular flexibility index (Phi) is 6.80. The fraction of sp³-hybridized carbons (Fsp3) is 0.167. The summed E-state index contributed by atoms with van der Waals surface area (Å²) in [7, 11) is 0. The molecule has 4 aromatic rings. The number of halogens is 3. The number of nitrogens with zero attached hydrogens (tertiary/aromatic N) is 4. The number of aldehydes is 1. The zero-order chi connectivity index (χ0) is 28.7. The van der Waals surface area contributed by atoms with Gasteiger partial charge in [-0.1, -0.05) is 23.7 Å². The molecule has 2 aliphatic rings. The molecule has 0 radical (unpaired) electrons. The van der Waals surface area contributed by atoms with Crippen LogP contribution < -0.4 is 11.1 Å². The zero-order valence-corrected chi connectivity index (χ0v) is 22.3. The number of nitrogens with one attached hydrogen (secondary N) is 1. The van der Waals surface area contributed by atoms with Crippen molar-refractivity contribution in [3.8, 4) is 11.3 Å². The number of carbonyl (C=O) groups is 2. The summed E-state index contributed by atoms with van der Waals surface area (Å²) < 4.78 is 29.6. The minimum Gasteiger partial charge on any atom is -0.336 e. The van der Waals surface area contributed by atoms with Crippen LogP contribution in [0.5, 0.6) is 0 Å². The Bertz CT molecular complexity index is 1710. The quantitative estimate of drug-likeness (QED) is 0.329. The average Bonchev–Trinajstić information content (AvgIpc) is 3.30. The van der Waals surface area contributed by atoms with Crippen LogP contribution in [-0.4, -0.2) is 51.4 Å². The van der Waals surface area contributed by atoms with E-state index >= 15 is 0 Å². The molecular weight excluding hydrogens is 550 g/mol. The van der Waals surface area contributed by atoms with Crippen LogP contribution in [0.4, 0.5) is 20.4 Å². The number of carbonyl (C=O) groups excluding carboxylic acids is 2. The molecule has 41 heavy (non-hydrogen) atoms. The molecule has 1 amide bonds. The van der Waals surface area contributed by atoms with Gasteiger partial charge >= 0.3 is 0 Å². The van der Waals surface area contributed by atoms with Gasteiger partial charge in [0, 0.05) is 52.3 Å². The van der Waals surface area contributed by atoms with Crippen LogP contribution in [0.1, 0.15) is 33.5 Å². The fourth-order valence-electron chi connectivity index (χ4n) is 5.06. The monoisotopic (exact) mass is 572 g/mol. The molecule has 0 saturated carbocycles. The molecule has 0 aliphatic carbocycles. The van der Waals surface area contributed by atoms with E-state index in [9.17, 15) is 18.4 Å². The number of rotatable bonds is 5. The van der Waals surface area contributed by atoms with Gasteiger partial charge in [-0.2, -0.15) is 0 Å². The number of benzene rings is 3. The summed E-state index contributed by atoms with van der Waals surface area (Å²) in [5, 5.41) is 3.52. The summed E-state index contributed by atoms with van der Waals surface area (Å²) in [4.78, 5) is 39.3. The topological polar surface area (TPSA) is 114 Å². The first-order valence-electron chi connectivity index (χ1n) is 12.8. The van der Waals surface area contributed by atoms with Crippen LogP contribution >= 0.6 is 11.6 Å². The van der Waals surface area contributed by atoms with Crippen molar-refractivity contribution in [2.24, 2.45) is 10.7 Å². The number of aromatic nitrogens is 2. The Morgan fingerprint density at radius 3 is 2.54 bits per heavy atom. The van der Waals surface area contributed by atoms with Crippen LogP contribution in [0.3, 0.4) is 0 Å². The molecule has 1 aromatic heterocycles. The third kappa shape index (κ3) is 5.07. The molecule has 1 atom stereocenters. The Hall–Kier alpha value is -4.54. The highest BCUT2D eigenvalue weighted by Crippen LogP contribution is 2.35. The van der Waals surface area contributed by atoms with E-state index in [0.29, 0.717) is 57.9 Å². The first-order chi connectivity index (χ1) is 19.7. The van der Waals surface area contributed by atoms with Gasteiger partial charge in [-0.25, -0.2) is 18.7 Å². The number of likely N-dealkylation sites (tertiary alicyclic amines) is 1. The lowest BCUT2D eigenvalue weighted by atomic mass is 9.95. The average molecular weight is 573 g/mol. The molecule has 0 bridgehead atoms. The van der Waals surface area contributed by atoms with Gasteiger partial charge in [-0.3, -0.25) is 9.79 Å². The van der Waals surface area contributed by atoms with Crippen molar-refractivity contribution in [3.05, 3.63) is 106 Å². The maximum absolute atomic E-state index is 14.8. The van der Waals surface area contributed by atoms with Crippen molar-refractivity contribution >= 4 is 41.1 Å². The van der Waals surface area contributed by atoms with Gasteiger partial charge < -0.3 is 20.7 Å². The lowest BCUT2D eigenvalue weighted by Crippen LogP contribution is -2.45. The summed E-state index contributed by atoms with van der Waals surface area (Å²) in [6.45, 7) is 0.700. The normalized spacial score (nSPS) is 17.8. The molecule has 3 heterocycles. The van der Waals surface area contributed by atoms with Gasteiger partial charge in [0.15, 0.2) is 0 Å². The highest BCUT2D eigenvalue weighted by atomic mass is 35.5. The number of hydrogen-bond donors (Lipinski definition) is 2. The summed E-state index contributed by atoms with van der Waals surface area (Å²) in [6, 6.07) is 15.5. The van der Waals surface area contributed by atoms with Crippen LogP contribution in [0.25, 0.3) is 11.3 Å². The van der Waals surface area contributed by atoms with E-state index in [1.54, 1.807) is 53.6 Å². The predicted octanol–water partition coefficient (Wildman–Crippen LogP) is 4.91. The molecular formula is C30H23ClF2N6O2. The third-order valence-corrected chi connectivity index (χ3v) is 7.44. The summed E-state index contributed by atoms with van der Waals surface area (Å²) in [5.41, 5.74) is 8.27. The highest BCUT2D eigenvalue weighted by Gasteiger charge is 2.36. The van der Waals surface area contributed by atoms with Crippen molar-refractivity contribution in [3.63, 3.8) is 0 Å². The summed E-state index contributed by atoms with van der Waals surface area (Å²) in [5.74, 6) is -1.38. The lowest BCUT2D eigenvalue weighted by Gasteiger charge is -2.19. The minimum atomic E-state index is -1.00. The van der Waals surface area contributed by atoms with E-state index in [-0.39, 0.29) is 36.2 Å². The second-order valence-electron chi connectivity index (χ2n) is 10.0. The van der Waals surface area contributed by atoms with E-state index in [1.165, 1.54) is 18.2 Å². The van der Waals surface area contributed by atoms with E-state index in [1.807, 2.05) is 0 Å². The maximum Gasteiger partial charge on any atom is 0.253 e. The van der Waals surface area contributed by atoms with Crippen molar-refractivity contribution < 1.29 is 18.4 Å². The largest absolute Gasteiger partial charge is 0.336 e. The van der Waals surface area contributed by atoms with E-state index < -0.39 is 17.2 Å². The fourth-order valence-corrected chi connectivity index (χ4v) is 5.23. The summed E-state index contributed by atoms with van der Waals surface area (Å²) in [6.07, 6.45) is 2.74. The SMILES string of the molecule is NC1(C=O)CCN(C(=O)c2ccc(Nc3ncc4c(n3)-c3ccc(Cl)cc3C(c3c(F)cccc3F)=NC4)cc2)C1. The molecule has 6 rings (SSSR count).